The van der Waals surface area contributed by atoms with Gasteiger partial charge in [-0.3, -0.25) is 0 Å². The molecule has 2 nitrogen and oxygen atoms in total. The lowest BCUT2D eigenvalue weighted by Gasteiger charge is -2.25. The van der Waals surface area contributed by atoms with Crippen LogP contribution in [-0.2, 0) is 0 Å². The second-order valence-corrected chi connectivity index (χ2v) is 4.89. The summed E-state index contributed by atoms with van der Waals surface area (Å²) in [6.07, 6.45) is 0.0687. The van der Waals surface area contributed by atoms with Gasteiger partial charge in [0.25, 0.3) is 0 Å². The fraction of sp³-hybridized carbons (Fsp3) is 0.500. The van der Waals surface area contributed by atoms with Crippen LogP contribution in [0.5, 0.6) is 0 Å². The van der Waals surface area contributed by atoms with Gasteiger partial charge in [0.1, 0.15) is 5.82 Å². The maximum Gasteiger partial charge on any atom is 0.129 e. The molecular formula is C12H18BrClFNO. The third-order valence-electron chi connectivity index (χ3n) is 2.93. The van der Waals surface area contributed by atoms with Crippen LogP contribution in [0, 0.1) is 11.7 Å². The Labute approximate surface area is 116 Å². The lowest BCUT2D eigenvalue weighted by Crippen LogP contribution is -2.32. The average Bonchev–Trinajstić information content (AvgIpc) is 2.26. The Morgan fingerprint density at radius 2 is 2.06 bits per heavy atom. The number of benzene rings is 1. The van der Waals surface area contributed by atoms with Gasteiger partial charge in [0.05, 0.1) is 12.1 Å². The highest BCUT2D eigenvalue weighted by atomic mass is 79.9. The van der Waals surface area contributed by atoms with Crippen LogP contribution in [0.3, 0.4) is 0 Å². The summed E-state index contributed by atoms with van der Waals surface area (Å²) < 4.78 is 14.2. The van der Waals surface area contributed by atoms with E-state index < -0.39 is 12.1 Å². The monoisotopic (exact) mass is 325 g/mol. The second kappa shape index (κ2) is 7.31. The van der Waals surface area contributed by atoms with Crippen molar-refractivity contribution >= 4 is 28.3 Å². The number of hydrogen-bond donors (Lipinski definition) is 2. The Balaban J connectivity index is 0.00000256. The molecular weight excluding hydrogens is 308 g/mol. The highest BCUT2D eigenvalue weighted by Gasteiger charge is 2.25. The van der Waals surface area contributed by atoms with Gasteiger partial charge in [0.2, 0.25) is 0 Å². The van der Waals surface area contributed by atoms with Gasteiger partial charge in [-0.2, -0.15) is 0 Å². The predicted molar refractivity (Wildman–Crippen MR) is 73.7 cm³/mol. The summed E-state index contributed by atoms with van der Waals surface area (Å²) in [6.45, 7) is 3.87. The zero-order chi connectivity index (χ0) is 12.3. The first kappa shape index (κ1) is 16.8. The zero-order valence-corrected chi connectivity index (χ0v) is 12.3. The van der Waals surface area contributed by atoms with Crippen LogP contribution in [0.1, 0.15) is 31.9 Å². The smallest absolute Gasteiger partial charge is 0.129 e. The molecule has 5 heteroatoms. The third kappa shape index (κ3) is 3.91. The van der Waals surface area contributed by atoms with Crippen LogP contribution in [0.25, 0.3) is 0 Å². The quantitative estimate of drug-likeness (QED) is 0.890. The lowest BCUT2D eigenvalue weighted by molar-refractivity contribution is 0.0865. The SMILES string of the molecule is CCC(C)[C@H](O)[C@H](N)c1c(F)cccc1Br.Cl. The molecule has 0 saturated carbocycles. The summed E-state index contributed by atoms with van der Waals surface area (Å²) >= 11 is 3.26. The van der Waals surface area contributed by atoms with Crippen molar-refractivity contribution in [2.75, 3.05) is 0 Å². The van der Waals surface area contributed by atoms with E-state index >= 15 is 0 Å². The molecule has 0 aliphatic rings. The van der Waals surface area contributed by atoms with E-state index in [0.29, 0.717) is 10.0 Å². The van der Waals surface area contributed by atoms with Crippen molar-refractivity contribution in [3.8, 4) is 0 Å². The topological polar surface area (TPSA) is 46.2 Å². The second-order valence-electron chi connectivity index (χ2n) is 4.04. The molecule has 3 atom stereocenters. The van der Waals surface area contributed by atoms with Gasteiger partial charge in [-0.25, -0.2) is 4.39 Å². The summed E-state index contributed by atoms with van der Waals surface area (Å²) in [6, 6.07) is 3.97. The zero-order valence-electron chi connectivity index (χ0n) is 9.86. The normalized spacial score (nSPS) is 15.9. The number of aliphatic hydroxyl groups is 1. The molecule has 0 amide bonds. The van der Waals surface area contributed by atoms with Crippen LogP contribution in [0.2, 0.25) is 0 Å². The van der Waals surface area contributed by atoms with Crippen molar-refractivity contribution in [2.45, 2.75) is 32.4 Å². The summed E-state index contributed by atoms with van der Waals surface area (Å²) in [5.74, 6) is -0.342. The van der Waals surface area contributed by atoms with E-state index in [9.17, 15) is 9.50 Å². The standard InChI is InChI=1S/C12H17BrFNO.ClH/c1-3-7(2)12(16)11(15)10-8(13)5-4-6-9(10)14;/h4-7,11-12,16H,3,15H2,1-2H3;1H/t7?,11-,12+;/m1./s1. The molecule has 0 saturated heterocycles. The van der Waals surface area contributed by atoms with Crippen molar-refractivity contribution in [1.82, 2.24) is 0 Å². The minimum Gasteiger partial charge on any atom is -0.391 e. The largest absolute Gasteiger partial charge is 0.391 e. The van der Waals surface area contributed by atoms with E-state index in [4.69, 9.17) is 5.73 Å². The maximum atomic E-state index is 13.6. The molecule has 1 rings (SSSR count). The van der Waals surface area contributed by atoms with Crippen LogP contribution in [0.4, 0.5) is 4.39 Å². The number of rotatable bonds is 4. The first-order valence-corrected chi connectivity index (χ1v) is 6.15. The molecule has 0 bridgehead atoms. The Kier molecular flexibility index (Phi) is 7.24. The van der Waals surface area contributed by atoms with Crippen LogP contribution in [-0.4, -0.2) is 11.2 Å². The maximum absolute atomic E-state index is 13.6. The van der Waals surface area contributed by atoms with Crippen molar-refractivity contribution in [3.05, 3.63) is 34.1 Å². The van der Waals surface area contributed by atoms with E-state index in [2.05, 4.69) is 15.9 Å². The van der Waals surface area contributed by atoms with Crippen molar-refractivity contribution < 1.29 is 9.50 Å². The highest BCUT2D eigenvalue weighted by molar-refractivity contribution is 9.10. The Morgan fingerprint density at radius 3 is 2.53 bits per heavy atom. The van der Waals surface area contributed by atoms with E-state index in [1.165, 1.54) is 6.07 Å². The predicted octanol–water partition coefficient (Wildman–Crippen LogP) is 3.42. The van der Waals surface area contributed by atoms with Crippen LogP contribution >= 0.6 is 28.3 Å². The molecule has 0 aliphatic carbocycles. The molecule has 1 aromatic rings. The van der Waals surface area contributed by atoms with Gasteiger partial charge in [-0.1, -0.05) is 42.3 Å². The molecule has 0 spiro atoms. The molecule has 0 aliphatic heterocycles. The van der Waals surface area contributed by atoms with Crippen molar-refractivity contribution in [1.29, 1.82) is 0 Å². The van der Waals surface area contributed by atoms with Gasteiger partial charge >= 0.3 is 0 Å². The highest BCUT2D eigenvalue weighted by Crippen LogP contribution is 2.29. The van der Waals surface area contributed by atoms with Crippen LogP contribution in [0.15, 0.2) is 22.7 Å². The van der Waals surface area contributed by atoms with Crippen molar-refractivity contribution in [3.63, 3.8) is 0 Å². The summed E-state index contributed by atoms with van der Waals surface area (Å²) in [7, 11) is 0. The number of halogens is 3. The van der Waals surface area contributed by atoms with Gasteiger partial charge in [0.15, 0.2) is 0 Å². The first-order chi connectivity index (χ1) is 7.49. The molecule has 98 valence electrons. The molecule has 1 unspecified atom stereocenters. The van der Waals surface area contributed by atoms with Gasteiger partial charge in [-0.05, 0) is 18.1 Å². The minimum atomic E-state index is -0.738. The Hall–Kier alpha value is -0.160. The Morgan fingerprint density at radius 1 is 1.47 bits per heavy atom. The van der Waals surface area contributed by atoms with E-state index in [0.717, 1.165) is 6.42 Å². The third-order valence-corrected chi connectivity index (χ3v) is 3.62. The molecule has 0 radical (unpaired) electrons. The number of nitrogens with two attached hydrogens (primary N) is 1. The average molecular weight is 327 g/mol. The number of hydrogen-bond acceptors (Lipinski definition) is 2. The summed E-state index contributed by atoms with van der Waals surface area (Å²) in [5.41, 5.74) is 6.24. The minimum absolute atomic E-state index is 0. The molecule has 1 aromatic carbocycles. The summed E-state index contributed by atoms with van der Waals surface area (Å²) in [5, 5.41) is 9.98. The van der Waals surface area contributed by atoms with E-state index in [1.807, 2.05) is 13.8 Å². The van der Waals surface area contributed by atoms with Crippen LogP contribution < -0.4 is 5.73 Å². The number of aliphatic hydroxyl groups excluding tert-OH is 1. The molecule has 0 fully saturated rings. The first-order valence-electron chi connectivity index (χ1n) is 5.36. The van der Waals surface area contributed by atoms with Gasteiger partial charge in [0, 0.05) is 10.0 Å². The molecule has 3 N–H and O–H groups in total. The molecule has 0 aromatic heterocycles. The van der Waals surface area contributed by atoms with Crippen molar-refractivity contribution in [2.24, 2.45) is 11.7 Å². The molecule has 0 heterocycles. The fourth-order valence-electron chi connectivity index (χ4n) is 1.60. The fourth-order valence-corrected chi connectivity index (χ4v) is 2.20. The van der Waals surface area contributed by atoms with Gasteiger partial charge in [-0.15, -0.1) is 12.4 Å². The molecule has 17 heavy (non-hydrogen) atoms. The lowest BCUT2D eigenvalue weighted by atomic mass is 9.91. The van der Waals surface area contributed by atoms with Gasteiger partial charge < -0.3 is 10.8 Å². The van der Waals surface area contributed by atoms with E-state index in [-0.39, 0.29) is 24.1 Å². The summed E-state index contributed by atoms with van der Waals surface area (Å²) in [4.78, 5) is 0. The Bertz CT molecular complexity index is 344. The van der Waals surface area contributed by atoms with E-state index in [1.54, 1.807) is 12.1 Å².